The number of ketones is 1. The van der Waals surface area contributed by atoms with Crippen LogP contribution in [0.15, 0.2) is 30.3 Å². The van der Waals surface area contributed by atoms with E-state index in [1.807, 2.05) is 18.2 Å². The van der Waals surface area contributed by atoms with Crippen LogP contribution in [0, 0.1) is 0 Å². The summed E-state index contributed by atoms with van der Waals surface area (Å²) >= 11 is 16.0. The molecule has 4 heteroatoms. The molecule has 0 aliphatic heterocycles. The Morgan fingerprint density at radius 1 is 0.938 bits per heavy atom. The normalized spacial score (nSPS) is 9.19. The quantitative estimate of drug-likeness (QED) is 0.445. The lowest BCUT2D eigenvalue weighted by molar-refractivity contribution is 0.102. The van der Waals surface area contributed by atoms with E-state index in [0.29, 0.717) is 5.56 Å². The number of unbranched alkanes of at least 4 members (excludes halogenated alkanes) is 1. The fourth-order valence-corrected chi connectivity index (χ4v) is 1.42. The van der Waals surface area contributed by atoms with Crippen molar-refractivity contribution in [1.29, 1.82) is 0 Å². The molecule has 0 saturated heterocycles. The molecule has 0 amide bonds. The molecule has 0 N–H and O–H groups in total. The van der Waals surface area contributed by atoms with Gasteiger partial charge in [0.15, 0.2) is 5.78 Å². The molecule has 0 atom stereocenters. The summed E-state index contributed by atoms with van der Waals surface area (Å²) in [5.41, 5.74) is 0.678. The van der Waals surface area contributed by atoms with E-state index in [1.165, 1.54) is 0 Å². The van der Waals surface area contributed by atoms with Gasteiger partial charge in [0.05, 0.1) is 5.88 Å². The summed E-state index contributed by atoms with van der Waals surface area (Å²) in [6.45, 7) is 0. The maximum absolute atomic E-state index is 10.9. The van der Waals surface area contributed by atoms with Gasteiger partial charge in [-0.05, 0) is 12.8 Å². The molecule has 0 bridgehead atoms. The summed E-state index contributed by atoms with van der Waals surface area (Å²) < 4.78 is 0. The summed E-state index contributed by atoms with van der Waals surface area (Å²) in [4.78, 5) is 10.9. The van der Waals surface area contributed by atoms with E-state index in [2.05, 4.69) is 0 Å². The van der Waals surface area contributed by atoms with E-state index in [9.17, 15) is 4.79 Å². The minimum atomic E-state index is -0.0257. The average Bonchev–Trinajstić information content (AvgIpc) is 2.37. The van der Waals surface area contributed by atoms with Gasteiger partial charge >= 0.3 is 0 Å². The molecule has 0 aliphatic rings. The van der Waals surface area contributed by atoms with Crippen molar-refractivity contribution >= 4 is 40.6 Å². The third-order valence-electron chi connectivity index (χ3n) is 1.73. The molecule has 1 rings (SSSR count). The maximum Gasteiger partial charge on any atom is 0.177 e. The Morgan fingerprint density at radius 3 is 1.81 bits per heavy atom. The highest BCUT2D eigenvalue weighted by Crippen LogP contribution is 2.00. The Balaban J connectivity index is 0.000000325. The van der Waals surface area contributed by atoms with Crippen molar-refractivity contribution in [3.05, 3.63) is 35.9 Å². The van der Waals surface area contributed by atoms with Crippen LogP contribution in [0.25, 0.3) is 0 Å². The lowest BCUT2D eigenvalue weighted by Gasteiger charge is -1.92. The SMILES string of the molecule is ClCCCCCl.O=C(CCl)c1ccccc1. The molecule has 1 nitrogen and oxygen atoms in total. The van der Waals surface area contributed by atoms with Gasteiger partial charge in [-0.3, -0.25) is 4.79 Å². The summed E-state index contributed by atoms with van der Waals surface area (Å²) in [5.74, 6) is 1.52. The Labute approximate surface area is 112 Å². The molecule has 0 aliphatic carbocycles. The number of hydrogen-bond acceptors (Lipinski definition) is 1. The van der Waals surface area contributed by atoms with Crippen LogP contribution in [0.5, 0.6) is 0 Å². The Bertz CT molecular complexity index is 271. The Morgan fingerprint density at radius 2 is 1.44 bits per heavy atom. The largest absolute Gasteiger partial charge is 0.293 e. The first-order valence-corrected chi connectivity index (χ1v) is 6.62. The second-order valence-electron chi connectivity index (χ2n) is 3.01. The predicted octanol–water partition coefficient (Wildman–Crippen LogP) is 4.35. The maximum atomic E-state index is 10.9. The Kier molecular flexibility index (Phi) is 11.1. The van der Waals surface area contributed by atoms with Crippen LogP contribution in [-0.2, 0) is 0 Å². The lowest BCUT2D eigenvalue weighted by atomic mass is 10.2. The van der Waals surface area contributed by atoms with E-state index in [1.54, 1.807) is 12.1 Å². The first-order chi connectivity index (χ1) is 7.76. The van der Waals surface area contributed by atoms with E-state index < -0.39 is 0 Å². The van der Waals surface area contributed by atoms with Crippen molar-refractivity contribution in [3.63, 3.8) is 0 Å². The molecule has 16 heavy (non-hydrogen) atoms. The second kappa shape index (κ2) is 11.3. The van der Waals surface area contributed by atoms with E-state index in [0.717, 1.165) is 24.6 Å². The van der Waals surface area contributed by atoms with Crippen LogP contribution in [0.3, 0.4) is 0 Å². The van der Waals surface area contributed by atoms with Gasteiger partial charge < -0.3 is 0 Å². The number of carbonyl (C=O) groups excluding carboxylic acids is 1. The van der Waals surface area contributed by atoms with Crippen molar-refractivity contribution in [2.24, 2.45) is 0 Å². The van der Waals surface area contributed by atoms with Gasteiger partial charge in [0.25, 0.3) is 0 Å². The van der Waals surface area contributed by atoms with Crippen molar-refractivity contribution in [2.75, 3.05) is 17.6 Å². The van der Waals surface area contributed by atoms with Gasteiger partial charge in [-0.2, -0.15) is 0 Å². The number of rotatable bonds is 5. The first-order valence-electron chi connectivity index (χ1n) is 5.02. The molecule has 90 valence electrons. The van der Waals surface area contributed by atoms with Gasteiger partial charge in [-0.25, -0.2) is 0 Å². The smallest absolute Gasteiger partial charge is 0.177 e. The van der Waals surface area contributed by atoms with Gasteiger partial charge in [0, 0.05) is 17.3 Å². The van der Waals surface area contributed by atoms with Crippen LogP contribution in [0.4, 0.5) is 0 Å². The van der Waals surface area contributed by atoms with Crippen LogP contribution in [0.1, 0.15) is 23.2 Å². The lowest BCUT2D eigenvalue weighted by Crippen LogP contribution is -1.98. The van der Waals surface area contributed by atoms with E-state index >= 15 is 0 Å². The van der Waals surface area contributed by atoms with Gasteiger partial charge in [0.2, 0.25) is 0 Å². The summed E-state index contributed by atoms with van der Waals surface area (Å²) in [6.07, 6.45) is 2.09. The number of hydrogen-bond donors (Lipinski definition) is 0. The predicted molar refractivity (Wildman–Crippen MR) is 72.2 cm³/mol. The molecular weight excluding hydrogens is 266 g/mol. The van der Waals surface area contributed by atoms with Crippen molar-refractivity contribution in [1.82, 2.24) is 0 Å². The molecule has 1 aromatic carbocycles. The highest BCUT2D eigenvalue weighted by Gasteiger charge is 1.99. The van der Waals surface area contributed by atoms with Gasteiger partial charge in [-0.1, -0.05) is 30.3 Å². The zero-order chi connectivity index (χ0) is 12.2. The number of alkyl halides is 3. The van der Waals surface area contributed by atoms with Gasteiger partial charge in [-0.15, -0.1) is 34.8 Å². The monoisotopic (exact) mass is 280 g/mol. The Hall–Kier alpha value is -0.240. The molecule has 1 aromatic rings. The summed E-state index contributed by atoms with van der Waals surface area (Å²) in [7, 11) is 0. The first kappa shape index (κ1) is 15.8. The summed E-state index contributed by atoms with van der Waals surface area (Å²) in [6, 6.07) is 9.01. The van der Waals surface area contributed by atoms with Gasteiger partial charge in [0.1, 0.15) is 0 Å². The van der Waals surface area contributed by atoms with E-state index in [4.69, 9.17) is 34.8 Å². The number of benzene rings is 1. The van der Waals surface area contributed by atoms with Crippen molar-refractivity contribution in [3.8, 4) is 0 Å². The van der Waals surface area contributed by atoms with Crippen LogP contribution < -0.4 is 0 Å². The molecule has 0 aromatic heterocycles. The van der Waals surface area contributed by atoms with Crippen LogP contribution >= 0.6 is 34.8 Å². The second-order valence-corrected chi connectivity index (χ2v) is 4.03. The highest BCUT2D eigenvalue weighted by atomic mass is 35.5. The zero-order valence-electron chi connectivity index (χ0n) is 8.96. The molecule has 0 radical (unpaired) electrons. The average molecular weight is 282 g/mol. The van der Waals surface area contributed by atoms with E-state index in [-0.39, 0.29) is 11.7 Å². The third kappa shape index (κ3) is 7.98. The molecular formula is C12H15Cl3O. The molecule has 0 spiro atoms. The van der Waals surface area contributed by atoms with Crippen LogP contribution in [0.2, 0.25) is 0 Å². The topological polar surface area (TPSA) is 17.1 Å². The highest BCUT2D eigenvalue weighted by molar-refractivity contribution is 6.30. The van der Waals surface area contributed by atoms with Crippen molar-refractivity contribution < 1.29 is 4.79 Å². The fraction of sp³-hybridized carbons (Fsp3) is 0.417. The summed E-state index contributed by atoms with van der Waals surface area (Å²) in [5, 5.41) is 0. The molecule has 0 fully saturated rings. The standard InChI is InChI=1S/C8H7ClO.C4H8Cl2/c9-6-8(10)7-4-2-1-3-5-7;5-3-1-2-4-6/h1-5H,6H2;1-4H2. The minimum Gasteiger partial charge on any atom is -0.293 e. The van der Waals surface area contributed by atoms with Crippen molar-refractivity contribution in [2.45, 2.75) is 12.8 Å². The fourth-order valence-electron chi connectivity index (χ4n) is 0.890. The number of halogens is 3. The van der Waals surface area contributed by atoms with Crippen LogP contribution in [-0.4, -0.2) is 23.4 Å². The molecule has 0 unspecified atom stereocenters. The number of carbonyl (C=O) groups is 1. The molecule has 0 heterocycles. The minimum absolute atomic E-state index is 0.0257. The third-order valence-corrected chi connectivity index (χ3v) is 2.51. The zero-order valence-corrected chi connectivity index (χ0v) is 11.2. The molecule has 0 saturated carbocycles. The number of Topliss-reactive ketones (excluding diaryl/α,β-unsaturated/α-hetero) is 1.